The van der Waals surface area contributed by atoms with E-state index in [0.717, 1.165) is 68.3 Å². The molecule has 0 amide bonds. The maximum Gasteiger partial charge on any atom is 2.00 e. The molecule has 3 aromatic heterocycles. The fourth-order valence-corrected chi connectivity index (χ4v) is 8.25. The quantitative estimate of drug-likeness (QED) is 0.167. The van der Waals surface area contributed by atoms with Gasteiger partial charge in [-0.15, -0.1) is 41.3 Å². The van der Waals surface area contributed by atoms with E-state index in [1.54, 1.807) is 0 Å². The number of rotatable bonds is 3. The summed E-state index contributed by atoms with van der Waals surface area (Å²) in [5, 5.41) is 4.67. The second-order valence-corrected chi connectivity index (χ2v) is 13.9. The van der Waals surface area contributed by atoms with Crippen molar-refractivity contribution in [2.45, 2.75) is 52.7 Å². The molecule has 0 spiro atoms. The van der Waals surface area contributed by atoms with Crippen molar-refractivity contribution in [3.63, 3.8) is 0 Å². The minimum absolute atomic E-state index is 0. The maximum atomic E-state index is 6.70. The van der Waals surface area contributed by atoms with Crippen LogP contribution in [0.3, 0.4) is 0 Å². The Morgan fingerprint density at radius 2 is 1.48 bits per heavy atom. The molecule has 10 rings (SSSR count). The van der Waals surface area contributed by atoms with Crippen LogP contribution < -0.4 is 0 Å². The van der Waals surface area contributed by atoms with Gasteiger partial charge in [-0.3, -0.25) is 4.99 Å². The van der Waals surface area contributed by atoms with Gasteiger partial charge in [0, 0.05) is 22.5 Å². The molecular formula is C44H34N4OPt. The molecule has 0 fully saturated rings. The van der Waals surface area contributed by atoms with E-state index in [4.69, 9.17) is 14.7 Å². The van der Waals surface area contributed by atoms with Crippen LogP contribution in [-0.4, -0.2) is 26.1 Å². The molecule has 0 unspecified atom stereocenters. The van der Waals surface area contributed by atoms with Gasteiger partial charge in [-0.05, 0) is 91.7 Å². The molecule has 0 saturated carbocycles. The summed E-state index contributed by atoms with van der Waals surface area (Å²) in [6.07, 6.45) is 3.85. The number of benzene rings is 5. The summed E-state index contributed by atoms with van der Waals surface area (Å²) in [4.78, 5) is 10.0. The zero-order chi connectivity index (χ0) is 33.0. The van der Waals surface area contributed by atoms with Crippen LogP contribution in [0, 0.1) is 39.8 Å². The number of hydrogen-bond donors (Lipinski definition) is 0. The molecule has 1 aliphatic carbocycles. The van der Waals surface area contributed by atoms with Gasteiger partial charge >= 0.3 is 21.1 Å². The van der Waals surface area contributed by atoms with Gasteiger partial charge in [0.15, 0.2) is 0 Å². The summed E-state index contributed by atoms with van der Waals surface area (Å²) >= 11 is 0. The van der Waals surface area contributed by atoms with Gasteiger partial charge in [-0.1, -0.05) is 71.2 Å². The summed E-state index contributed by atoms with van der Waals surface area (Å²) in [6, 6.07) is 40.5. The van der Waals surface area contributed by atoms with Crippen molar-refractivity contribution in [1.82, 2.24) is 14.1 Å². The van der Waals surface area contributed by atoms with Gasteiger partial charge < -0.3 is 13.9 Å². The number of pyridine rings is 1. The first kappa shape index (κ1) is 31.0. The summed E-state index contributed by atoms with van der Waals surface area (Å²) in [5.74, 6) is 0.683. The van der Waals surface area contributed by atoms with Crippen molar-refractivity contribution in [2.24, 2.45) is 4.99 Å². The average Bonchev–Trinajstić information content (AvgIpc) is 3.78. The van der Waals surface area contributed by atoms with E-state index in [1.165, 1.54) is 38.6 Å². The van der Waals surface area contributed by atoms with E-state index >= 15 is 0 Å². The largest absolute Gasteiger partial charge is 2.00 e. The van der Waals surface area contributed by atoms with Crippen LogP contribution in [0.4, 0.5) is 0 Å². The third-order valence-electron chi connectivity index (χ3n) is 10.5. The molecule has 0 N–H and O–H groups in total. The first-order chi connectivity index (χ1) is 23.9. The first-order valence-electron chi connectivity index (χ1n) is 17.1. The van der Waals surface area contributed by atoms with Gasteiger partial charge in [0.25, 0.3) is 0 Å². The minimum atomic E-state index is -0.0493. The molecule has 5 nitrogen and oxygen atoms in total. The van der Waals surface area contributed by atoms with Crippen LogP contribution in [0.1, 0.15) is 51.5 Å². The summed E-state index contributed by atoms with van der Waals surface area (Å²) in [6.45, 7) is 8.63. The Balaban J connectivity index is 0.00000336. The molecule has 0 bridgehead atoms. The van der Waals surface area contributed by atoms with Gasteiger partial charge in [0.1, 0.15) is 17.6 Å². The zero-order valence-electron chi connectivity index (χ0n) is 28.3. The SMILES string of the molecule is Cc1cc(C2=N[C@@H]3CCc4c(C)cccc4[C@@H]3O2)[c-]c(-n2c3[c-]c(-n4c5ccc(C)cc5c5cccnc54)ccc3c3cc(C)ccc32)c1.[Pt+2]. The number of fused-ring (bicyclic) bond motifs is 9. The number of nitrogens with zero attached hydrogens (tertiary/aromatic N) is 4. The Hall–Kier alpha value is -4.99. The average molecular weight is 830 g/mol. The van der Waals surface area contributed by atoms with Crippen molar-refractivity contribution < 1.29 is 25.8 Å². The smallest absolute Gasteiger partial charge is 0.510 e. The molecule has 0 saturated heterocycles. The summed E-state index contributed by atoms with van der Waals surface area (Å²) < 4.78 is 11.2. The normalized spacial score (nSPS) is 16.8. The molecule has 0 radical (unpaired) electrons. The number of ether oxygens (including phenoxy) is 1. The number of aliphatic imine (C=N–C) groups is 1. The fourth-order valence-electron chi connectivity index (χ4n) is 8.25. The Bertz CT molecular complexity index is 2720. The van der Waals surface area contributed by atoms with E-state index in [9.17, 15) is 0 Å². The van der Waals surface area contributed by atoms with Crippen LogP contribution >= 0.6 is 0 Å². The van der Waals surface area contributed by atoms with Crippen LogP contribution in [0.15, 0.2) is 102 Å². The molecule has 4 heterocycles. The van der Waals surface area contributed by atoms with E-state index in [2.05, 4.69) is 134 Å². The summed E-state index contributed by atoms with van der Waals surface area (Å²) in [7, 11) is 0. The van der Waals surface area contributed by atoms with Crippen molar-refractivity contribution in [2.75, 3.05) is 0 Å². The molecule has 2 aliphatic rings. The van der Waals surface area contributed by atoms with Crippen LogP contribution in [0.5, 0.6) is 0 Å². The van der Waals surface area contributed by atoms with Gasteiger partial charge in [0.2, 0.25) is 0 Å². The first-order valence-corrected chi connectivity index (χ1v) is 17.1. The second-order valence-electron chi connectivity index (χ2n) is 13.9. The molecule has 5 aromatic carbocycles. The Kier molecular flexibility index (Phi) is 7.16. The predicted octanol–water partition coefficient (Wildman–Crippen LogP) is 9.94. The standard InChI is InChI=1S/C44H34N4O.Pt/c1-25-10-16-39-36(21-25)33-13-12-30(48-40-17-11-26(2)22-37(40)35-9-6-18-45-43(35)48)24-41(33)47(39)31-20-27(3)19-29(23-31)44-46-38-15-14-32-28(4)7-5-8-34(32)42(38)49-44;/h5-13,16-22,38,42H,14-15H2,1-4H3;/q-2;+2/t38-,42+;/m1./s1. The van der Waals surface area contributed by atoms with Crippen LogP contribution in [0.2, 0.25) is 0 Å². The van der Waals surface area contributed by atoms with Crippen LogP contribution in [-0.2, 0) is 32.2 Å². The molecule has 246 valence electrons. The predicted molar refractivity (Wildman–Crippen MR) is 198 cm³/mol. The van der Waals surface area contributed by atoms with Gasteiger partial charge in [0.05, 0.1) is 11.6 Å². The fraction of sp³-hybridized carbons (Fsp3) is 0.182. The van der Waals surface area contributed by atoms with E-state index in [1.807, 2.05) is 12.3 Å². The molecule has 6 heteroatoms. The third-order valence-corrected chi connectivity index (χ3v) is 10.5. The monoisotopic (exact) mass is 829 g/mol. The van der Waals surface area contributed by atoms with E-state index < -0.39 is 0 Å². The third kappa shape index (κ3) is 4.63. The molecule has 8 aromatic rings. The number of aryl methyl sites for hydroxylation is 4. The Morgan fingerprint density at radius 1 is 0.700 bits per heavy atom. The molecule has 2 atom stereocenters. The van der Waals surface area contributed by atoms with Crippen molar-refractivity contribution in [3.8, 4) is 11.4 Å². The Morgan fingerprint density at radius 3 is 2.30 bits per heavy atom. The Labute approximate surface area is 305 Å². The summed E-state index contributed by atoms with van der Waals surface area (Å²) in [5.41, 5.74) is 14.5. The van der Waals surface area contributed by atoms with Crippen molar-refractivity contribution in [1.29, 1.82) is 0 Å². The number of aromatic nitrogens is 3. The molecular weight excluding hydrogens is 796 g/mol. The van der Waals surface area contributed by atoms with E-state index in [0.29, 0.717) is 5.90 Å². The second kappa shape index (κ2) is 11.5. The number of hydrogen-bond acceptors (Lipinski definition) is 3. The van der Waals surface area contributed by atoms with Crippen LogP contribution in [0.25, 0.3) is 55.1 Å². The topological polar surface area (TPSA) is 44.3 Å². The van der Waals surface area contributed by atoms with Gasteiger partial charge in [-0.2, -0.15) is 6.07 Å². The maximum absolute atomic E-state index is 6.70. The van der Waals surface area contributed by atoms with E-state index in [-0.39, 0.29) is 33.2 Å². The van der Waals surface area contributed by atoms with Gasteiger partial charge in [-0.25, -0.2) is 4.98 Å². The molecule has 50 heavy (non-hydrogen) atoms. The zero-order valence-corrected chi connectivity index (χ0v) is 30.6. The molecule has 1 aliphatic heterocycles. The van der Waals surface area contributed by atoms with Crippen molar-refractivity contribution >= 4 is 49.6 Å². The van der Waals surface area contributed by atoms with Crippen molar-refractivity contribution in [3.05, 3.63) is 148 Å². The minimum Gasteiger partial charge on any atom is -0.510 e.